The highest BCUT2D eigenvalue weighted by molar-refractivity contribution is 7.89. The number of carbonyl (C=O) groups excluding carboxylic acids is 1. The summed E-state index contributed by atoms with van der Waals surface area (Å²) in [6.45, 7) is 3.83. The zero-order chi connectivity index (χ0) is 20.1. The number of benzene rings is 2. The average Bonchev–Trinajstić information content (AvgIpc) is 2.70. The molecule has 8 heteroatoms. The Morgan fingerprint density at radius 1 is 1.00 bits per heavy atom. The van der Waals surface area contributed by atoms with Crippen molar-refractivity contribution in [2.75, 3.05) is 32.8 Å². The first-order valence-electron chi connectivity index (χ1n) is 9.15. The molecule has 28 heavy (non-hydrogen) atoms. The Balaban J connectivity index is 1.57. The van der Waals surface area contributed by atoms with Gasteiger partial charge < -0.3 is 9.64 Å². The van der Waals surface area contributed by atoms with Crippen LogP contribution in [0.2, 0.25) is 5.02 Å². The number of sulfonamides is 1. The minimum atomic E-state index is -3.57. The van der Waals surface area contributed by atoms with E-state index in [-0.39, 0.29) is 30.3 Å². The smallest absolute Gasteiger partial charge is 0.243 e. The predicted octanol–water partition coefficient (Wildman–Crippen LogP) is 2.81. The second-order valence-electron chi connectivity index (χ2n) is 6.49. The molecule has 3 rings (SSSR count). The number of carbonyl (C=O) groups is 1. The SMILES string of the molecule is CCOc1ccc(CC(=O)N2CCN(S(=O)(=O)c3ccc(Cl)cc3)CC2)cc1. The second kappa shape index (κ2) is 8.94. The molecule has 0 unspecified atom stereocenters. The van der Waals surface area contributed by atoms with Crippen LogP contribution in [-0.4, -0.2) is 56.3 Å². The normalized spacial score (nSPS) is 15.4. The van der Waals surface area contributed by atoms with Crippen molar-refractivity contribution >= 4 is 27.5 Å². The zero-order valence-corrected chi connectivity index (χ0v) is 17.2. The number of hydrogen-bond donors (Lipinski definition) is 0. The van der Waals surface area contributed by atoms with Crippen molar-refractivity contribution in [2.45, 2.75) is 18.2 Å². The lowest BCUT2D eigenvalue weighted by molar-refractivity contribution is -0.131. The molecule has 0 radical (unpaired) electrons. The number of hydrogen-bond acceptors (Lipinski definition) is 4. The molecule has 1 fully saturated rings. The topological polar surface area (TPSA) is 66.9 Å². The van der Waals surface area contributed by atoms with Crippen LogP contribution in [0.4, 0.5) is 0 Å². The Morgan fingerprint density at radius 3 is 2.18 bits per heavy atom. The molecule has 0 bridgehead atoms. The molecule has 0 atom stereocenters. The van der Waals surface area contributed by atoms with Crippen LogP contribution in [0, 0.1) is 0 Å². The van der Waals surface area contributed by atoms with E-state index in [0.29, 0.717) is 24.7 Å². The fraction of sp³-hybridized carbons (Fsp3) is 0.350. The van der Waals surface area contributed by atoms with Gasteiger partial charge >= 0.3 is 0 Å². The fourth-order valence-electron chi connectivity index (χ4n) is 3.09. The fourth-order valence-corrected chi connectivity index (χ4v) is 4.64. The lowest BCUT2D eigenvalue weighted by Gasteiger charge is -2.34. The van der Waals surface area contributed by atoms with E-state index in [4.69, 9.17) is 16.3 Å². The predicted molar refractivity (Wildman–Crippen MR) is 108 cm³/mol. The molecular weight excluding hydrogens is 400 g/mol. The van der Waals surface area contributed by atoms with E-state index in [1.54, 1.807) is 17.0 Å². The van der Waals surface area contributed by atoms with E-state index in [9.17, 15) is 13.2 Å². The summed E-state index contributed by atoms with van der Waals surface area (Å²) in [6, 6.07) is 13.6. The van der Waals surface area contributed by atoms with Crippen molar-refractivity contribution in [1.29, 1.82) is 0 Å². The zero-order valence-electron chi connectivity index (χ0n) is 15.7. The van der Waals surface area contributed by atoms with Crippen LogP contribution in [0.25, 0.3) is 0 Å². The van der Waals surface area contributed by atoms with Gasteiger partial charge in [0.15, 0.2) is 0 Å². The maximum Gasteiger partial charge on any atom is 0.243 e. The van der Waals surface area contributed by atoms with Crippen molar-refractivity contribution in [3.8, 4) is 5.75 Å². The highest BCUT2D eigenvalue weighted by Gasteiger charge is 2.30. The number of piperazine rings is 1. The summed E-state index contributed by atoms with van der Waals surface area (Å²) < 4.78 is 32.3. The van der Waals surface area contributed by atoms with Crippen LogP contribution in [0.5, 0.6) is 5.75 Å². The lowest BCUT2D eigenvalue weighted by atomic mass is 10.1. The van der Waals surface area contributed by atoms with Gasteiger partial charge in [0.1, 0.15) is 5.75 Å². The number of rotatable bonds is 6. The van der Waals surface area contributed by atoms with Crippen molar-refractivity contribution in [3.05, 3.63) is 59.1 Å². The summed E-state index contributed by atoms with van der Waals surface area (Å²) in [7, 11) is -3.57. The number of ether oxygens (including phenoxy) is 1. The lowest BCUT2D eigenvalue weighted by Crippen LogP contribution is -2.50. The molecule has 1 saturated heterocycles. The Hall–Kier alpha value is -2.09. The van der Waals surface area contributed by atoms with Crippen molar-refractivity contribution in [2.24, 2.45) is 0 Å². The first-order chi connectivity index (χ1) is 13.4. The van der Waals surface area contributed by atoms with Gasteiger partial charge in [0.05, 0.1) is 17.9 Å². The van der Waals surface area contributed by atoms with Gasteiger partial charge in [-0.15, -0.1) is 0 Å². The van der Waals surface area contributed by atoms with Gasteiger partial charge in [0.2, 0.25) is 15.9 Å². The number of halogens is 1. The molecule has 0 aromatic heterocycles. The van der Waals surface area contributed by atoms with Crippen LogP contribution >= 0.6 is 11.6 Å². The van der Waals surface area contributed by atoms with E-state index in [1.807, 2.05) is 31.2 Å². The second-order valence-corrected chi connectivity index (χ2v) is 8.87. The molecule has 2 aromatic rings. The summed E-state index contributed by atoms with van der Waals surface area (Å²) >= 11 is 5.83. The average molecular weight is 423 g/mol. The summed E-state index contributed by atoms with van der Waals surface area (Å²) in [5.74, 6) is 0.771. The molecule has 1 aliphatic rings. The largest absolute Gasteiger partial charge is 0.494 e. The Kier molecular flexibility index (Phi) is 6.59. The highest BCUT2D eigenvalue weighted by atomic mass is 35.5. The third kappa shape index (κ3) is 4.84. The molecular formula is C20H23ClN2O4S. The van der Waals surface area contributed by atoms with E-state index >= 15 is 0 Å². The van der Waals surface area contributed by atoms with Crippen LogP contribution < -0.4 is 4.74 Å². The molecule has 150 valence electrons. The van der Waals surface area contributed by atoms with Gasteiger partial charge in [-0.2, -0.15) is 4.31 Å². The molecule has 0 spiro atoms. The van der Waals surface area contributed by atoms with Crippen LogP contribution in [0.15, 0.2) is 53.4 Å². The number of amides is 1. The Morgan fingerprint density at radius 2 is 1.61 bits per heavy atom. The van der Waals surface area contributed by atoms with Gasteiger partial charge in [-0.05, 0) is 48.9 Å². The monoisotopic (exact) mass is 422 g/mol. The van der Waals surface area contributed by atoms with Crippen molar-refractivity contribution in [1.82, 2.24) is 9.21 Å². The number of nitrogens with zero attached hydrogens (tertiary/aromatic N) is 2. The molecule has 1 heterocycles. The Bertz CT molecular complexity index is 906. The molecule has 0 N–H and O–H groups in total. The first kappa shape index (κ1) is 20.6. The summed E-state index contributed by atoms with van der Waals surface area (Å²) in [4.78, 5) is 14.5. The van der Waals surface area contributed by atoms with Crippen molar-refractivity contribution < 1.29 is 17.9 Å². The van der Waals surface area contributed by atoms with Crippen LogP contribution in [0.1, 0.15) is 12.5 Å². The van der Waals surface area contributed by atoms with Gasteiger partial charge in [-0.3, -0.25) is 4.79 Å². The van der Waals surface area contributed by atoms with E-state index in [1.165, 1.54) is 16.4 Å². The van der Waals surface area contributed by atoms with Gasteiger partial charge in [-0.25, -0.2) is 8.42 Å². The van der Waals surface area contributed by atoms with Crippen molar-refractivity contribution in [3.63, 3.8) is 0 Å². The minimum Gasteiger partial charge on any atom is -0.494 e. The molecule has 6 nitrogen and oxygen atoms in total. The molecule has 0 saturated carbocycles. The van der Waals surface area contributed by atoms with Gasteiger partial charge in [0, 0.05) is 31.2 Å². The third-order valence-corrected chi connectivity index (χ3v) is 6.80. The van der Waals surface area contributed by atoms with Gasteiger partial charge in [0.25, 0.3) is 0 Å². The molecule has 0 aliphatic carbocycles. The standard InChI is InChI=1S/C20H23ClN2O4S/c1-2-27-18-7-3-16(4-8-18)15-20(24)22-11-13-23(14-12-22)28(25,26)19-9-5-17(21)6-10-19/h3-10H,2,11-15H2,1H3. The maximum atomic E-state index is 12.7. The quantitative estimate of drug-likeness (QED) is 0.717. The summed E-state index contributed by atoms with van der Waals surface area (Å²) in [6.07, 6.45) is 0.288. The maximum absolute atomic E-state index is 12.7. The minimum absolute atomic E-state index is 0.00676. The first-order valence-corrected chi connectivity index (χ1v) is 11.0. The highest BCUT2D eigenvalue weighted by Crippen LogP contribution is 2.20. The van der Waals surface area contributed by atoms with Gasteiger partial charge in [-0.1, -0.05) is 23.7 Å². The Labute approximate surface area is 170 Å². The molecule has 1 aliphatic heterocycles. The van der Waals surface area contributed by atoms with E-state index in [0.717, 1.165) is 11.3 Å². The van der Waals surface area contributed by atoms with E-state index in [2.05, 4.69) is 0 Å². The summed E-state index contributed by atoms with van der Waals surface area (Å²) in [5, 5.41) is 0.489. The molecule has 2 aromatic carbocycles. The molecule has 1 amide bonds. The summed E-state index contributed by atoms with van der Waals surface area (Å²) in [5.41, 5.74) is 0.907. The third-order valence-electron chi connectivity index (χ3n) is 4.63. The van der Waals surface area contributed by atoms with Crippen LogP contribution in [0.3, 0.4) is 0 Å². The van der Waals surface area contributed by atoms with Crippen LogP contribution in [-0.2, 0) is 21.2 Å². The van der Waals surface area contributed by atoms with E-state index < -0.39 is 10.0 Å².